The average Bonchev–Trinajstić information content (AvgIpc) is 3.05. The minimum Gasteiger partial charge on any atom is -0.397 e. The van der Waals surface area contributed by atoms with E-state index in [4.69, 9.17) is 10.5 Å². The summed E-state index contributed by atoms with van der Waals surface area (Å²) in [4.78, 5) is 6.68. The molecule has 0 amide bonds. The topological polar surface area (TPSA) is 51.4 Å². The van der Waals surface area contributed by atoms with Gasteiger partial charge in [0.15, 0.2) is 0 Å². The van der Waals surface area contributed by atoms with E-state index in [1.165, 1.54) is 12.8 Å². The molecule has 2 rings (SSSR count). The van der Waals surface area contributed by atoms with Gasteiger partial charge < -0.3 is 15.4 Å². The van der Waals surface area contributed by atoms with Crippen molar-refractivity contribution in [2.75, 3.05) is 30.9 Å². The van der Waals surface area contributed by atoms with Gasteiger partial charge in [0, 0.05) is 19.7 Å². The van der Waals surface area contributed by atoms with Crippen LogP contribution in [-0.4, -0.2) is 31.3 Å². The Morgan fingerprint density at radius 2 is 2.38 bits per heavy atom. The highest BCUT2D eigenvalue weighted by Gasteiger charge is 2.30. The van der Waals surface area contributed by atoms with Gasteiger partial charge in [-0.15, -0.1) is 0 Å². The second kappa shape index (κ2) is 5.01. The van der Waals surface area contributed by atoms with Gasteiger partial charge >= 0.3 is 0 Å². The number of nitrogens with zero attached hydrogens (tertiary/aromatic N) is 2. The zero-order valence-electron chi connectivity index (χ0n) is 9.32. The predicted octanol–water partition coefficient (Wildman–Crippen LogP) is 2.04. The van der Waals surface area contributed by atoms with E-state index >= 15 is 0 Å². The largest absolute Gasteiger partial charge is 0.397 e. The summed E-state index contributed by atoms with van der Waals surface area (Å²) in [5, 5.41) is 0. The van der Waals surface area contributed by atoms with Crippen LogP contribution in [0.4, 0.5) is 11.5 Å². The molecule has 1 fully saturated rings. The fraction of sp³-hybridized carbons (Fsp3) is 0.545. The molecular formula is C11H16BrN3O. The summed E-state index contributed by atoms with van der Waals surface area (Å²) in [6.45, 7) is 1.59. The number of methoxy groups -OCH3 is 1. The minimum atomic E-state index is 0.613. The fourth-order valence-corrected chi connectivity index (χ4v) is 2.29. The van der Waals surface area contributed by atoms with Crippen molar-refractivity contribution in [2.24, 2.45) is 0 Å². The number of aromatic nitrogens is 1. The number of hydrogen-bond donors (Lipinski definition) is 1. The normalized spacial score (nSPS) is 15.1. The van der Waals surface area contributed by atoms with Gasteiger partial charge in [-0.1, -0.05) is 0 Å². The molecule has 0 unspecified atom stereocenters. The summed E-state index contributed by atoms with van der Waals surface area (Å²) in [5.41, 5.74) is 6.36. The Balaban J connectivity index is 2.17. The van der Waals surface area contributed by atoms with Crippen molar-refractivity contribution in [1.29, 1.82) is 0 Å². The molecular weight excluding hydrogens is 270 g/mol. The third-order valence-electron chi connectivity index (χ3n) is 2.64. The summed E-state index contributed by atoms with van der Waals surface area (Å²) in [6, 6.07) is 2.51. The van der Waals surface area contributed by atoms with Crippen molar-refractivity contribution in [3.63, 3.8) is 0 Å². The van der Waals surface area contributed by atoms with E-state index in [1.807, 2.05) is 6.07 Å². The summed E-state index contributed by atoms with van der Waals surface area (Å²) >= 11 is 3.51. The quantitative estimate of drug-likeness (QED) is 0.900. The number of halogens is 1. The van der Waals surface area contributed by atoms with Gasteiger partial charge in [0.1, 0.15) is 5.82 Å². The molecule has 1 aromatic rings. The smallest absolute Gasteiger partial charge is 0.143 e. The summed E-state index contributed by atoms with van der Waals surface area (Å²) < 4.78 is 6.08. The molecule has 2 N–H and O–H groups in total. The highest BCUT2D eigenvalue weighted by Crippen LogP contribution is 2.34. The van der Waals surface area contributed by atoms with Gasteiger partial charge in [-0.3, -0.25) is 0 Å². The molecule has 0 aromatic carbocycles. The molecule has 0 bridgehead atoms. The van der Waals surface area contributed by atoms with Crippen molar-refractivity contribution in [3.8, 4) is 0 Å². The van der Waals surface area contributed by atoms with E-state index in [2.05, 4.69) is 25.8 Å². The van der Waals surface area contributed by atoms with E-state index in [-0.39, 0.29) is 0 Å². The number of nitrogen functional groups attached to an aromatic ring is 1. The number of anilines is 2. The summed E-state index contributed by atoms with van der Waals surface area (Å²) in [5.74, 6) is 0.966. The highest BCUT2D eigenvalue weighted by molar-refractivity contribution is 9.10. The van der Waals surface area contributed by atoms with Crippen LogP contribution in [0, 0.1) is 0 Å². The van der Waals surface area contributed by atoms with Gasteiger partial charge in [-0.25, -0.2) is 4.98 Å². The maximum absolute atomic E-state index is 5.68. The van der Waals surface area contributed by atoms with Gasteiger partial charge in [-0.2, -0.15) is 0 Å². The van der Waals surface area contributed by atoms with Crippen LogP contribution < -0.4 is 10.6 Å². The molecule has 5 heteroatoms. The third-order valence-corrected chi connectivity index (χ3v) is 3.22. The van der Waals surface area contributed by atoms with E-state index in [0.717, 1.165) is 23.4 Å². The van der Waals surface area contributed by atoms with Crippen molar-refractivity contribution in [3.05, 3.63) is 16.7 Å². The molecule has 16 heavy (non-hydrogen) atoms. The summed E-state index contributed by atoms with van der Waals surface area (Å²) in [6.07, 6.45) is 4.17. The van der Waals surface area contributed by atoms with E-state index in [0.29, 0.717) is 11.7 Å². The van der Waals surface area contributed by atoms with Crippen LogP contribution in [0.1, 0.15) is 12.8 Å². The lowest BCUT2D eigenvalue weighted by atomic mass is 10.3. The third kappa shape index (κ3) is 2.65. The molecule has 0 atom stereocenters. The van der Waals surface area contributed by atoms with E-state index in [9.17, 15) is 0 Å². The molecule has 1 aliphatic rings. The van der Waals surface area contributed by atoms with E-state index < -0.39 is 0 Å². The van der Waals surface area contributed by atoms with Crippen molar-refractivity contribution in [2.45, 2.75) is 18.9 Å². The summed E-state index contributed by atoms with van der Waals surface area (Å²) in [7, 11) is 1.72. The molecule has 0 spiro atoms. The predicted molar refractivity (Wildman–Crippen MR) is 68.6 cm³/mol. The molecule has 1 saturated carbocycles. The number of ether oxygens (including phenoxy) is 1. The molecule has 4 nitrogen and oxygen atoms in total. The Morgan fingerprint density at radius 1 is 1.62 bits per heavy atom. The second-order valence-electron chi connectivity index (χ2n) is 3.99. The van der Waals surface area contributed by atoms with Gasteiger partial charge in [0.2, 0.25) is 0 Å². The first-order chi connectivity index (χ1) is 7.72. The van der Waals surface area contributed by atoms with Gasteiger partial charge in [0.25, 0.3) is 0 Å². The lowest BCUT2D eigenvalue weighted by molar-refractivity contribution is 0.204. The van der Waals surface area contributed by atoms with Crippen LogP contribution in [0.5, 0.6) is 0 Å². The van der Waals surface area contributed by atoms with Crippen LogP contribution >= 0.6 is 15.9 Å². The van der Waals surface area contributed by atoms with Gasteiger partial charge in [0.05, 0.1) is 23.0 Å². The van der Waals surface area contributed by atoms with Crippen LogP contribution in [0.2, 0.25) is 0 Å². The molecule has 0 aliphatic heterocycles. The lowest BCUT2D eigenvalue weighted by Crippen LogP contribution is -2.30. The van der Waals surface area contributed by atoms with E-state index in [1.54, 1.807) is 13.3 Å². The molecule has 1 aliphatic carbocycles. The first kappa shape index (κ1) is 11.7. The maximum Gasteiger partial charge on any atom is 0.143 e. The Hall–Kier alpha value is -0.810. The van der Waals surface area contributed by atoms with Crippen molar-refractivity contribution < 1.29 is 4.74 Å². The molecule has 0 radical (unpaired) electrons. The standard InChI is InChI=1S/C11H16BrN3O/c1-16-5-4-15(9-2-3-9)11-10(12)6-8(13)7-14-11/h6-7,9H,2-5,13H2,1H3. The van der Waals surface area contributed by atoms with Crippen LogP contribution in [-0.2, 0) is 4.74 Å². The molecule has 0 saturated heterocycles. The number of rotatable bonds is 5. The average molecular weight is 286 g/mol. The Bertz CT molecular complexity index is 368. The van der Waals surface area contributed by atoms with Crippen LogP contribution in [0.3, 0.4) is 0 Å². The van der Waals surface area contributed by atoms with Gasteiger partial charge in [-0.05, 0) is 34.8 Å². The molecule has 1 heterocycles. The SMILES string of the molecule is COCCN(c1ncc(N)cc1Br)C1CC1. The Labute approximate surface area is 104 Å². The van der Waals surface area contributed by atoms with Crippen molar-refractivity contribution in [1.82, 2.24) is 4.98 Å². The number of hydrogen-bond acceptors (Lipinski definition) is 4. The first-order valence-electron chi connectivity index (χ1n) is 5.39. The Kier molecular flexibility index (Phi) is 3.66. The Morgan fingerprint density at radius 3 is 2.94 bits per heavy atom. The number of nitrogens with two attached hydrogens (primary N) is 1. The van der Waals surface area contributed by atoms with Crippen molar-refractivity contribution >= 4 is 27.4 Å². The van der Waals surface area contributed by atoms with Crippen LogP contribution in [0.15, 0.2) is 16.7 Å². The minimum absolute atomic E-state index is 0.613. The first-order valence-corrected chi connectivity index (χ1v) is 6.18. The maximum atomic E-state index is 5.68. The monoisotopic (exact) mass is 285 g/mol. The van der Waals surface area contributed by atoms with Crippen LogP contribution in [0.25, 0.3) is 0 Å². The molecule has 1 aromatic heterocycles. The lowest BCUT2D eigenvalue weighted by Gasteiger charge is -2.24. The zero-order chi connectivity index (χ0) is 11.5. The number of pyridine rings is 1. The zero-order valence-corrected chi connectivity index (χ0v) is 10.9. The molecule has 88 valence electrons. The fourth-order valence-electron chi connectivity index (χ4n) is 1.69. The second-order valence-corrected chi connectivity index (χ2v) is 4.85. The highest BCUT2D eigenvalue weighted by atomic mass is 79.9.